The molecule has 5 nitrogen and oxygen atoms in total. The molecule has 1 aliphatic carbocycles. The Morgan fingerprint density at radius 3 is 2.70 bits per heavy atom. The summed E-state index contributed by atoms with van der Waals surface area (Å²) in [6, 6.07) is 6.68. The molecule has 1 aromatic rings. The fourth-order valence-electron chi connectivity index (χ4n) is 1.96. The second kappa shape index (κ2) is 4.79. The maximum Gasteiger partial charge on any atom is 0.200 e. The zero-order chi connectivity index (χ0) is 14.3. The van der Waals surface area contributed by atoms with Crippen molar-refractivity contribution in [2.24, 2.45) is 0 Å². The Hall–Kier alpha value is -2.08. The largest absolute Gasteiger partial charge is 0.497 e. The maximum atomic E-state index is 11.8. The second-order valence-electron chi connectivity index (χ2n) is 4.12. The molecule has 1 aromatic carbocycles. The summed E-state index contributed by atoms with van der Waals surface area (Å²) in [6.07, 6.45) is 0. The molecule has 0 amide bonds. The smallest absolute Gasteiger partial charge is 0.200 e. The highest BCUT2D eigenvalue weighted by atomic mass is 79.9. The van der Waals surface area contributed by atoms with Crippen molar-refractivity contribution in [1.29, 1.82) is 0 Å². The molecule has 20 heavy (non-hydrogen) atoms. The van der Waals surface area contributed by atoms with Crippen LogP contribution in [0.25, 0.3) is 22.6 Å². The number of rotatable bonds is 2. The predicted molar refractivity (Wildman–Crippen MR) is 77.7 cm³/mol. The Labute approximate surface area is 122 Å². The van der Waals surface area contributed by atoms with Crippen molar-refractivity contribution in [3.8, 4) is 23.0 Å². The van der Waals surface area contributed by atoms with E-state index in [1.165, 1.54) is 13.2 Å². The first-order chi connectivity index (χ1) is 9.63. The Morgan fingerprint density at radius 1 is 1.20 bits per heavy atom. The van der Waals surface area contributed by atoms with Crippen LogP contribution in [0.2, 0.25) is 0 Å². The monoisotopic (exact) mass is 335 g/mol. The van der Waals surface area contributed by atoms with Crippen LogP contribution in [0, 0.1) is 0 Å². The van der Waals surface area contributed by atoms with Gasteiger partial charge in [0.2, 0.25) is 0 Å². The molecule has 2 aliphatic rings. The van der Waals surface area contributed by atoms with Gasteiger partial charge in [-0.3, -0.25) is 4.79 Å². The molecule has 0 radical (unpaired) electrons. The van der Waals surface area contributed by atoms with E-state index in [2.05, 4.69) is 20.9 Å². The number of hydrogen-bond acceptors (Lipinski definition) is 5. The van der Waals surface area contributed by atoms with E-state index in [-0.39, 0.29) is 5.43 Å². The number of aromatic nitrogens is 1. The van der Waals surface area contributed by atoms with Gasteiger partial charge in [0.15, 0.2) is 22.5 Å². The molecular weight excluding hydrogens is 326 g/mol. The minimum Gasteiger partial charge on any atom is -0.497 e. The van der Waals surface area contributed by atoms with Crippen molar-refractivity contribution in [2.75, 3.05) is 14.2 Å². The Balaban J connectivity index is 2.43. The maximum absolute atomic E-state index is 11.8. The van der Waals surface area contributed by atoms with Gasteiger partial charge in [-0.1, -0.05) is 0 Å². The lowest BCUT2D eigenvalue weighted by atomic mass is 10.2. The predicted octanol–water partition coefficient (Wildman–Crippen LogP) is 3.07. The van der Waals surface area contributed by atoms with Crippen molar-refractivity contribution >= 4 is 27.0 Å². The van der Waals surface area contributed by atoms with E-state index in [0.717, 1.165) is 0 Å². The highest BCUT2D eigenvalue weighted by molar-refractivity contribution is 9.10. The van der Waals surface area contributed by atoms with Crippen molar-refractivity contribution in [3.05, 3.63) is 39.0 Å². The van der Waals surface area contributed by atoms with Gasteiger partial charge in [-0.25, -0.2) is 4.98 Å². The van der Waals surface area contributed by atoms with E-state index in [9.17, 15) is 4.79 Å². The van der Waals surface area contributed by atoms with Gasteiger partial charge in [0.1, 0.15) is 21.4 Å². The van der Waals surface area contributed by atoms with E-state index in [1.54, 1.807) is 25.3 Å². The molecule has 0 saturated heterocycles. The molecule has 0 fully saturated rings. The van der Waals surface area contributed by atoms with Gasteiger partial charge in [0.05, 0.1) is 14.2 Å². The highest BCUT2D eigenvalue weighted by Gasteiger charge is 2.21. The number of ether oxygens (including phenoxy) is 2. The Bertz CT molecular complexity index is 827. The van der Waals surface area contributed by atoms with E-state index >= 15 is 0 Å². The summed E-state index contributed by atoms with van der Waals surface area (Å²) in [4.78, 5) is 16.3. The van der Waals surface area contributed by atoms with Gasteiger partial charge in [-0.2, -0.15) is 0 Å². The van der Waals surface area contributed by atoms with Crippen molar-refractivity contribution in [1.82, 2.24) is 4.98 Å². The third kappa shape index (κ3) is 1.92. The first-order valence-corrected chi connectivity index (χ1v) is 6.58. The van der Waals surface area contributed by atoms with Crippen LogP contribution >= 0.6 is 15.9 Å². The summed E-state index contributed by atoms with van der Waals surface area (Å²) < 4.78 is 16.4. The lowest BCUT2D eigenvalue weighted by Crippen LogP contribution is -2.06. The molecule has 0 spiro atoms. The van der Waals surface area contributed by atoms with Gasteiger partial charge in [-0.15, -0.1) is 0 Å². The average molecular weight is 336 g/mol. The van der Waals surface area contributed by atoms with E-state index in [1.807, 2.05) is 0 Å². The summed E-state index contributed by atoms with van der Waals surface area (Å²) in [5, 5.41) is 0. The molecule has 1 aliphatic heterocycles. The second-order valence-corrected chi connectivity index (χ2v) is 4.91. The van der Waals surface area contributed by atoms with Gasteiger partial charge >= 0.3 is 0 Å². The first kappa shape index (κ1) is 12.9. The molecule has 0 atom stereocenters. The lowest BCUT2D eigenvalue weighted by molar-refractivity contribution is 0.411. The molecule has 3 rings (SSSR count). The third-order valence-electron chi connectivity index (χ3n) is 2.96. The van der Waals surface area contributed by atoms with Gasteiger partial charge in [0, 0.05) is 12.1 Å². The van der Waals surface area contributed by atoms with Crippen LogP contribution in [0.1, 0.15) is 0 Å². The standard InChI is InChI=1S/C14H10BrNO4/c1-18-7-3-4-8-10(5-7)20-14-12(15)9(17)6-11(19-2)13(14)16-8/h3-6H,1-2H3. The average Bonchev–Trinajstić information content (AvgIpc) is 2.48. The molecular formula is C14H10BrNO4. The third-order valence-corrected chi connectivity index (χ3v) is 3.71. The summed E-state index contributed by atoms with van der Waals surface area (Å²) in [5.41, 5.74) is 1.46. The lowest BCUT2D eigenvalue weighted by Gasteiger charge is -2.11. The summed E-state index contributed by atoms with van der Waals surface area (Å²) in [7, 11) is 3.06. The van der Waals surface area contributed by atoms with E-state index in [0.29, 0.717) is 38.5 Å². The molecule has 6 heteroatoms. The van der Waals surface area contributed by atoms with E-state index in [4.69, 9.17) is 13.9 Å². The minimum atomic E-state index is -0.220. The topological polar surface area (TPSA) is 61.6 Å². The summed E-state index contributed by atoms with van der Waals surface area (Å²) in [6.45, 7) is 0. The van der Waals surface area contributed by atoms with Gasteiger partial charge in [-0.05, 0) is 28.1 Å². The highest BCUT2D eigenvalue weighted by Crippen LogP contribution is 2.36. The fraction of sp³-hybridized carbons (Fsp3) is 0.143. The van der Waals surface area contributed by atoms with Gasteiger partial charge in [0.25, 0.3) is 0 Å². The van der Waals surface area contributed by atoms with Crippen LogP contribution in [0.5, 0.6) is 11.5 Å². The van der Waals surface area contributed by atoms with Crippen LogP contribution in [0.4, 0.5) is 0 Å². The minimum absolute atomic E-state index is 0.220. The quantitative estimate of drug-likeness (QED) is 0.673. The molecule has 0 saturated carbocycles. The zero-order valence-electron chi connectivity index (χ0n) is 10.8. The normalized spacial score (nSPS) is 10.9. The van der Waals surface area contributed by atoms with Crippen LogP contribution in [-0.2, 0) is 0 Å². The van der Waals surface area contributed by atoms with Crippen molar-refractivity contribution < 1.29 is 13.9 Å². The number of methoxy groups -OCH3 is 2. The molecule has 0 bridgehead atoms. The molecule has 102 valence electrons. The zero-order valence-corrected chi connectivity index (χ0v) is 12.4. The van der Waals surface area contributed by atoms with Crippen LogP contribution in [0.15, 0.2) is 37.9 Å². The van der Waals surface area contributed by atoms with Gasteiger partial charge < -0.3 is 13.9 Å². The van der Waals surface area contributed by atoms with E-state index < -0.39 is 0 Å². The fourth-order valence-corrected chi connectivity index (χ4v) is 2.34. The summed E-state index contributed by atoms with van der Waals surface area (Å²) >= 11 is 3.23. The number of nitrogens with zero attached hydrogens (tertiary/aromatic N) is 1. The number of halogens is 1. The number of benzene rings is 2. The molecule has 1 heterocycles. The van der Waals surface area contributed by atoms with Crippen molar-refractivity contribution in [2.45, 2.75) is 0 Å². The first-order valence-electron chi connectivity index (χ1n) is 5.79. The number of fused-ring (bicyclic) bond motifs is 2. The molecule has 0 N–H and O–H groups in total. The summed E-state index contributed by atoms with van der Waals surface area (Å²) in [5.74, 6) is 1.40. The Morgan fingerprint density at radius 2 is 2.00 bits per heavy atom. The van der Waals surface area contributed by atoms with Crippen LogP contribution in [-0.4, -0.2) is 19.2 Å². The van der Waals surface area contributed by atoms with Crippen LogP contribution in [0.3, 0.4) is 0 Å². The SMILES string of the molecule is COc1ccc2nc3c(OC)cc(=O)c(Br)c-3oc2c1. The Kier molecular flexibility index (Phi) is 3.10. The molecule has 0 aromatic heterocycles. The number of hydrogen-bond donors (Lipinski definition) is 0. The van der Waals surface area contributed by atoms with Crippen LogP contribution < -0.4 is 14.9 Å². The van der Waals surface area contributed by atoms with Crippen molar-refractivity contribution in [3.63, 3.8) is 0 Å². The molecule has 0 unspecified atom stereocenters.